The highest BCUT2D eigenvalue weighted by atomic mass is 31.0. The van der Waals surface area contributed by atoms with Crippen LogP contribution >= 0.6 is 9.24 Å². The molecule has 1 unspecified atom stereocenters. The molecule has 55 heavy (non-hydrogen) atoms. The van der Waals surface area contributed by atoms with Crippen molar-refractivity contribution in [3.8, 4) is 0 Å². The zero-order valence-corrected chi connectivity index (χ0v) is 42.7. The standard InChI is InChI=1S/C19H40.C10H20.C9H18.C7H16.C6H14.C3H9P/c1-4-7-9-11-13-15-17-19(6-3)18-16-14-12-10-8-5-2;1-3-5-7-9-10-8-6-4-2;1-4-5-6-7-8-9(2)3;1-3-5-7-6-4-2;1-3-5-6-4-2;1-2-3-4/h19H,4-18H2,1-3H3;3H,1,4-10H2,2H3;2,4-8H2,1,3H3;3-7H2,1-2H3;3-6H2,1-2H3;2-4H2,1H3. The molecule has 0 bridgehead atoms. The number of rotatable bonds is 35. The Bertz CT molecular complexity index is 540. The van der Waals surface area contributed by atoms with Crippen molar-refractivity contribution in [2.24, 2.45) is 5.92 Å². The molecule has 0 rings (SSSR count). The molecule has 0 aliphatic heterocycles. The van der Waals surface area contributed by atoms with Crippen molar-refractivity contribution in [1.29, 1.82) is 0 Å². The van der Waals surface area contributed by atoms with Gasteiger partial charge in [0.05, 0.1) is 0 Å². The van der Waals surface area contributed by atoms with Gasteiger partial charge in [-0.2, -0.15) is 0 Å². The quantitative estimate of drug-likeness (QED) is 0.0340. The fourth-order valence-electron chi connectivity index (χ4n) is 6.08. The van der Waals surface area contributed by atoms with Gasteiger partial charge in [0.15, 0.2) is 0 Å². The molecule has 338 valence electrons. The van der Waals surface area contributed by atoms with Crippen LogP contribution in [0.1, 0.15) is 314 Å². The number of hydrogen-bond acceptors (Lipinski definition) is 0. The maximum atomic E-state index is 3.85. The number of unbranched alkanes of at least 4 members (excludes halogenated alkanes) is 26. The van der Waals surface area contributed by atoms with Crippen LogP contribution in [-0.4, -0.2) is 6.16 Å². The van der Waals surface area contributed by atoms with Crippen molar-refractivity contribution in [1.82, 2.24) is 0 Å². The fraction of sp³-hybridized carbons (Fsp3) is 0.926. The summed E-state index contributed by atoms with van der Waals surface area (Å²) < 4.78 is 0. The molecular formula is C54H117P. The first-order chi connectivity index (χ1) is 26.8. The lowest BCUT2D eigenvalue weighted by molar-refractivity contribution is 0.393. The minimum absolute atomic E-state index is 1.03. The highest BCUT2D eigenvalue weighted by molar-refractivity contribution is 7.16. The molecule has 0 radical (unpaired) electrons. The summed E-state index contributed by atoms with van der Waals surface area (Å²) in [5, 5.41) is 0. The highest BCUT2D eigenvalue weighted by Gasteiger charge is 2.05. The van der Waals surface area contributed by atoms with Crippen molar-refractivity contribution >= 4 is 9.24 Å². The van der Waals surface area contributed by atoms with Gasteiger partial charge in [0.2, 0.25) is 0 Å². The molecule has 0 saturated carbocycles. The smallest absolute Gasteiger partial charge is 0.0326 e. The van der Waals surface area contributed by atoms with Gasteiger partial charge in [-0.3, -0.25) is 0 Å². The summed E-state index contributed by atoms with van der Waals surface area (Å²) in [5.74, 6) is 1.03. The van der Waals surface area contributed by atoms with Crippen molar-refractivity contribution in [3.05, 3.63) is 24.8 Å². The monoisotopic (exact) mass is 797 g/mol. The van der Waals surface area contributed by atoms with E-state index in [0.29, 0.717) is 0 Å². The van der Waals surface area contributed by atoms with Gasteiger partial charge in [0.1, 0.15) is 0 Å². The number of hydrogen-bond donors (Lipinski definition) is 0. The molecule has 0 aromatic carbocycles. The molecule has 0 amide bonds. The summed E-state index contributed by atoms with van der Waals surface area (Å²) in [6, 6.07) is 0. The Morgan fingerprint density at radius 3 is 0.927 bits per heavy atom. The molecule has 0 heterocycles. The number of allylic oxidation sites excluding steroid dienone is 2. The van der Waals surface area contributed by atoms with E-state index in [0.717, 1.165) is 5.92 Å². The van der Waals surface area contributed by atoms with Crippen LogP contribution in [0.15, 0.2) is 24.8 Å². The van der Waals surface area contributed by atoms with Crippen molar-refractivity contribution in [2.75, 3.05) is 6.16 Å². The van der Waals surface area contributed by atoms with E-state index in [1.165, 1.54) is 249 Å². The van der Waals surface area contributed by atoms with Gasteiger partial charge in [-0.1, -0.05) is 293 Å². The molecular weight excluding hydrogens is 680 g/mol. The SMILES string of the molecule is C=C(C)CCCCCC.C=CCCCCCCCC.CCCCCC.CCCCCCC.CCCCCCCCC(CC)CCCCCCCC.CCCP. The molecule has 0 aliphatic rings. The second-order valence-corrected chi connectivity index (χ2v) is 17.1. The molecule has 0 saturated heterocycles. The van der Waals surface area contributed by atoms with Gasteiger partial charge in [0.25, 0.3) is 0 Å². The topological polar surface area (TPSA) is 0 Å². The fourth-order valence-corrected chi connectivity index (χ4v) is 6.08. The van der Waals surface area contributed by atoms with Gasteiger partial charge >= 0.3 is 0 Å². The Hall–Kier alpha value is -0.0900. The zero-order valence-electron chi connectivity index (χ0n) is 41.5. The van der Waals surface area contributed by atoms with E-state index in [1.807, 2.05) is 6.08 Å². The summed E-state index contributed by atoms with van der Waals surface area (Å²) in [4.78, 5) is 0. The summed E-state index contributed by atoms with van der Waals surface area (Å²) in [5.41, 5.74) is 1.33. The first-order valence-corrected chi connectivity index (χ1v) is 26.5. The lowest BCUT2D eigenvalue weighted by Crippen LogP contribution is -1.99. The molecule has 1 atom stereocenters. The van der Waals surface area contributed by atoms with Gasteiger partial charge in [0, 0.05) is 0 Å². The zero-order chi connectivity index (χ0) is 42.7. The third-order valence-corrected chi connectivity index (χ3v) is 10.8. The van der Waals surface area contributed by atoms with Crippen LogP contribution < -0.4 is 0 Å². The Labute approximate surface area is 358 Å². The van der Waals surface area contributed by atoms with Crippen LogP contribution in [0.25, 0.3) is 0 Å². The molecule has 0 nitrogen and oxygen atoms in total. The van der Waals surface area contributed by atoms with Gasteiger partial charge in [-0.15, -0.1) is 22.4 Å². The van der Waals surface area contributed by atoms with E-state index < -0.39 is 0 Å². The van der Waals surface area contributed by atoms with Crippen molar-refractivity contribution in [3.63, 3.8) is 0 Å². The molecule has 0 fully saturated rings. The Kier molecular flexibility index (Phi) is 90.8. The van der Waals surface area contributed by atoms with E-state index in [4.69, 9.17) is 0 Å². The third-order valence-electron chi connectivity index (χ3n) is 10.2. The minimum atomic E-state index is 1.03. The van der Waals surface area contributed by atoms with Crippen molar-refractivity contribution in [2.45, 2.75) is 314 Å². The Morgan fingerprint density at radius 2 is 0.655 bits per heavy atom. The average molecular weight is 798 g/mol. The summed E-state index contributed by atoms with van der Waals surface area (Å²) >= 11 is 0. The first-order valence-electron chi connectivity index (χ1n) is 25.7. The van der Waals surface area contributed by atoms with Crippen molar-refractivity contribution < 1.29 is 0 Å². The van der Waals surface area contributed by atoms with Gasteiger partial charge < -0.3 is 0 Å². The van der Waals surface area contributed by atoms with E-state index >= 15 is 0 Å². The van der Waals surface area contributed by atoms with Gasteiger partial charge in [-0.05, 0) is 44.7 Å². The molecule has 0 spiro atoms. The molecule has 0 aliphatic carbocycles. The predicted molar refractivity (Wildman–Crippen MR) is 271 cm³/mol. The van der Waals surface area contributed by atoms with Crippen LogP contribution in [0, 0.1) is 5.92 Å². The van der Waals surface area contributed by atoms with E-state index in [1.54, 1.807) is 0 Å². The first kappa shape index (κ1) is 66.7. The molecule has 0 N–H and O–H groups in total. The van der Waals surface area contributed by atoms with Crippen LogP contribution in [0.5, 0.6) is 0 Å². The summed E-state index contributed by atoms with van der Waals surface area (Å²) in [6.45, 7) is 32.2. The Morgan fingerprint density at radius 1 is 0.400 bits per heavy atom. The highest BCUT2D eigenvalue weighted by Crippen LogP contribution is 2.21. The Balaban J connectivity index is -0.000000142. The van der Waals surface area contributed by atoms with Crippen LogP contribution in [0.3, 0.4) is 0 Å². The van der Waals surface area contributed by atoms with E-state index in [9.17, 15) is 0 Å². The predicted octanol–water partition coefficient (Wildman–Crippen LogP) is 21.8. The van der Waals surface area contributed by atoms with E-state index in [2.05, 4.69) is 98.6 Å². The average Bonchev–Trinajstić information content (AvgIpc) is 3.20. The van der Waals surface area contributed by atoms with Crippen LogP contribution in [0.4, 0.5) is 0 Å². The molecule has 0 aromatic heterocycles. The third kappa shape index (κ3) is 96.0. The van der Waals surface area contributed by atoms with E-state index in [-0.39, 0.29) is 0 Å². The lowest BCUT2D eigenvalue weighted by Gasteiger charge is -2.14. The van der Waals surface area contributed by atoms with Crippen LogP contribution in [0.2, 0.25) is 0 Å². The second kappa shape index (κ2) is 74.8. The van der Waals surface area contributed by atoms with Gasteiger partial charge in [-0.25, -0.2) is 0 Å². The molecule has 1 heteroatoms. The molecule has 0 aromatic rings. The largest absolute Gasteiger partial charge is 0.138 e. The maximum Gasteiger partial charge on any atom is -0.0326 e. The second-order valence-electron chi connectivity index (χ2n) is 16.6. The lowest BCUT2D eigenvalue weighted by atomic mass is 9.92. The van der Waals surface area contributed by atoms with Crippen LogP contribution in [-0.2, 0) is 0 Å². The summed E-state index contributed by atoms with van der Waals surface area (Å²) in [6.07, 6.45) is 55.1. The summed E-state index contributed by atoms with van der Waals surface area (Å²) in [7, 11) is 2.66. The normalized spacial score (nSPS) is 9.98. The minimum Gasteiger partial charge on any atom is -0.138 e. The maximum absolute atomic E-state index is 3.85.